The van der Waals surface area contributed by atoms with E-state index >= 15 is 0 Å². The Morgan fingerprint density at radius 1 is 0.537 bits per heavy atom. The summed E-state index contributed by atoms with van der Waals surface area (Å²) in [6.07, 6.45) is 41.2. The lowest BCUT2D eigenvalue weighted by molar-refractivity contribution is -0.143. The highest BCUT2D eigenvalue weighted by Crippen LogP contribution is 2.17. The maximum absolute atomic E-state index is 12.0. The number of hydrogen-bond donors (Lipinski definition) is 0. The summed E-state index contributed by atoms with van der Waals surface area (Å²) in [6.45, 7) is 2.92. The van der Waals surface area contributed by atoms with Gasteiger partial charge in [-0.1, -0.05) is 180 Å². The summed E-state index contributed by atoms with van der Waals surface area (Å²) in [6, 6.07) is 4.43. The van der Waals surface area contributed by atoms with E-state index in [1.807, 2.05) is 11.3 Å². The molecular weight excluding hydrogens is 520 g/mol. The highest BCUT2D eigenvalue weighted by molar-refractivity contribution is 7.09. The zero-order chi connectivity index (χ0) is 29.3. The Balaban J connectivity index is 1.67. The molecule has 0 aliphatic rings. The first-order valence-corrected chi connectivity index (χ1v) is 19.4. The van der Waals surface area contributed by atoms with Crippen LogP contribution in [0.15, 0.2) is 17.5 Å². The summed E-state index contributed by atoms with van der Waals surface area (Å²) in [5.41, 5.74) is 0. The number of unbranched alkanes of at least 4 members (excludes halogenated alkanes) is 27. The Labute approximate surface area is 261 Å². The third-order valence-corrected chi connectivity index (χ3v) is 9.58. The molecule has 1 aromatic rings. The fourth-order valence-corrected chi connectivity index (χ4v) is 6.63. The Morgan fingerprint density at radius 2 is 0.927 bits per heavy atom. The van der Waals surface area contributed by atoms with E-state index in [4.69, 9.17) is 4.74 Å². The summed E-state index contributed by atoms with van der Waals surface area (Å²) in [5.74, 6) is 0.0254. The standard InChI is InChI=1S/C38H70O2S/c1-2-3-4-5-6-7-8-9-10-11-15-18-21-24-27-30-35-40-38(39)34-29-26-23-20-17-14-12-13-16-19-22-25-28-32-37-33-31-36-41-37/h31,33,36H,2-30,32,34-35H2,1H3. The predicted octanol–water partition coefficient (Wildman–Crippen LogP) is 13.6. The lowest BCUT2D eigenvalue weighted by Gasteiger charge is -2.06. The summed E-state index contributed by atoms with van der Waals surface area (Å²) in [4.78, 5) is 13.5. The van der Waals surface area contributed by atoms with Crippen LogP contribution in [0.2, 0.25) is 0 Å². The van der Waals surface area contributed by atoms with Crippen LogP contribution in [0.1, 0.15) is 204 Å². The first-order chi connectivity index (χ1) is 20.3. The van der Waals surface area contributed by atoms with Crippen molar-refractivity contribution in [3.05, 3.63) is 22.4 Å². The second-order valence-corrected chi connectivity index (χ2v) is 13.7. The molecule has 0 fully saturated rings. The Hall–Kier alpha value is -0.830. The average Bonchev–Trinajstić information content (AvgIpc) is 3.50. The first-order valence-electron chi connectivity index (χ1n) is 18.5. The predicted molar refractivity (Wildman–Crippen MR) is 183 cm³/mol. The molecule has 240 valence electrons. The maximum atomic E-state index is 12.0. The molecule has 0 aromatic carbocycles. The molecule has 1 aromatic heterocycles. The van der Waals surface area contributed by atoms with E-state index in [2.05, 4.69) is 24.4 Å². The summed E-state index contributed by atoms with van der Waals surface area (Å²) >= 11 is 1.90. The molecule has 0 spiro atoms. The molecule has 0 radical (unpaired) electrons. The van der Waals surface area contributed by atoms with Crippen molar-refractivity contribution >= 4 is 17.3 Å². The highest BCUT2D eigenvalue weighted by Gasteiger charge is 2.03. The molecule has 0 amide bonds. The second kappa shape index (κ2) is 32.1. The number of esters is 1. The van der Waals surface area contributed by atoms with Crippen molar-refractivity contribution < 1.29 is 9.53 Å². The van der Waals surface area contributed by atoms with Crippen LogP contribution in [0.3, 0.4) is 0 Å². The van der Waals surface area contributed by atoms with Gasteiger partial charge in [0.2, 0.25) is 0 Å². The maximum Gasteiger partial charge on any atom is 0.305 e. The van der Waals surface area contributed by atoms with Gasteiger partial charge < -0.3 is 4.74 Å². The van der Waals surface area contributed by atoms with Gasteiger partial charge in [-0.3, -0.25) is 4.79 Å². The first kappa shape index (κ1) is 38.2. The van der Waals surface area contributed by atoms with Crippen molar-refractivity contribution in [3.63, 3.8) is 0 Å². The highest BCUT2D eigenvalue weighted by atomic mass is 32.1. The topological polar surface area (TPSA) is 26.3 Å². The molecule has 1 heterocycles. The van der Waals surface area contributed by atoms with Gasteiger partial charge >= 0.3 is 5.97 Å². The molecular formula is C38H70O2S. The Kier molecular flexibility index (Phi) is 29.9. The van der Waals surface area contributed by atoms with Crippen molar-refractivity contribution in [1.29, 1.82) is 0 Å². The molecule has 1 rings (SSSR count). The molecule has 0 saturated heterocycles. The third-order valence-electron chi connectivity index (χ3n) is 8.65. The van der Waals surface area contributed by atoms with Gasteiger partial charge in [0.15, 0.2) is 0 Å². The Bertz CT molecular complexity index is 626. The third kappa shape index (κ3) is 29.0. The minimum atomic E-state index is 0.0254. The number of ether oxygens (including phenoxy) is 1. The lowest BCUT2D eigenvalue weighted by atomic mass is 10.0. The zero-order valence-corrected chi connectivity index (χ0v) is 28.4. The van der Waals surface area contributed by atoms with Gasteiger partial charge in [-0.15, -0.1) is 11.3 Å². The molecule has 0 N–H and O–H groups in total. The van der Waals surface area contributed by atoms with Crippen molar-refractivity contribution in [2.45, 2.75) is 206 Å². The number of aryl methyl sites for hydroxylation is 1. The minimum Gasteiger partial charge on any atom is -0.466 e. The van der Waals surface area contributed by atoms with Crippen molar-refractivity contribution in [2.75, 3.05) is 6.61 Å². The van der Waals surface area contributed by atoms with Gasteiger partial charge in [0, 0.05) is 11.3 Å². The molecule has 0 unspecified atom stereocenters. The Morgan fingerprint density at radius 3 is 1.34 bits per heavy atom. The van der Waals surface area contributed by atoms with Gasteiger partial charge in [-0.2, -0.15) is 0 Å². The molecule has 0 bridgehead atoms. The normalized spacial score (nSPS) is 11.3. The van der Waals surface area contributed by atoms with Crippen molar-refractivity contribution in [3.8, 4) is 0 Å². The number of thiophene rings is 1. The van der Waals surface area contributed by atoms with E-state index in [1.165, 1.54) is 180 Å². The van der Waals surface area contributed by atoms with Crippen LogP contribution in [0, 0.1) is 0 Å². The quantitative estimate of drug-likeness (QED) is 0.0601. The molecule has 2 nitrogen and oxygen atoms in total. The monoisotopic (exact) mass is 591 g/mol. The van der Waals surface area contributed by atoms with Crippen LogP contribution in [0.25, 0.3) is 0 Å². The molecule has 0 saturated carbocycles. The van der Waals surface area contributed by atoms with E-state index in [0.717, 1.165) is 12.8 Å². The number of carbonyl (C=O) groups excluding carboxylic acids is 1. The lowest BCUT2D eigenvalue weighted by Crippen LogP contribution is -2.05. The van der Waals surface area contributed by atoms with Crippen LogP contribution < -0.4 is 0 Å². The average molecular weight is 591 g/mol. The van der Waals surface area contributed by atoms with Gasteiger partial charge in [0.1, 0.15) is 0 Å². The van der Waals surface area contributed by atoms with Crippen molar-refractivity contribution in [1.82, 2.24) is 0 Å². The smallest absolute Gasteiger partial charge is 0.305 e. The minimum absolute atomic E-state index is 0.0254. The van der Waals surface area contributed by atoms with E-state index < -0.39 is 0 Å². The summed E-state index contributed by atoms with van der Waals surface area (Å²) in [5, 5.41) is 2.19. The molecule has 0 aliphatic carbocycles. The fourth-order valence-electron chi connectivity index (χ4n) is 5.88. The zero-order valence-electron chi connectivity index (χ0n) is 27.6. The number of carbonyl (C=O) groups is 1. The second-order valence-electron chi connectivity index (χ2n) is 12.7. The van der Waals surface area contributed by atoms with Crippen LogP contribution in [-0.4, -0.2) is 12.6 Å². The summed E-state index contributed by atoms with van der Waals surface area (Å²) in [7, 11) is 0. The SMILES string of the molecule is CCCCCCCCCCCCCCCCCCOC(=O)CCCCCCCCCCCCCCCc1cccs1. The molecule has 0 atom stereocenters. The van der Waals surface area contributed by atoms with Gasteiger partial charge in [0.25, 0.3) is 0 Å². The van der Waals surface area contributed by atoms with E-state index in [-0.39, 0.29) is 5.97 Å². The van der Waals surface area contributed by atoms with E-state index in [1.54, 1.807) is 4.88 Å². The van der Waals surface area contributed by atoms with Crippen LogP contribution in [-0.2, 0) is 16.0 Å². The molecule has 3 heteroatoms. The van der Waals surface area contributed by atoms with Crippen LogP contribution >= 0.6 is 11.3 Å². The molecule has 41 heavy (non-hydrogen) atoms. The van der Waals surface area contributed by atoms with Gasteiger partial charge in [0.05, 0.1) is 6.61 Å². The van der Waals surface area contributed by atoms with E-state index in [9.17, 15) is 4.79 Å². The van der Waals surface area contributed by atoms with Crippen LogP contribution in [0.4, 0.5) is 0 Å². The number of rotatable bonds is 33. The molecule has 0 aliphatic heterocycles. The van der Waals surface area contributed by atoms with Crippen molar-refractivity contribution in [2.24, 2.45) is 0 Å². The van der Waals surface area contributed by atoms with Crippen LogP contribution in [0.5, 0.6) is 0 Å². The number of hydrogen-bond acceptors (Lipinski definition) is 3. The summed E-state index contributed by atoms with van der Waals surface area (Å²) < 4.78 is 5.45. The van der Waals surface area contributed by atoms with E-state index in [0.29, 0.717) is 13.0 Å². The van der Waals surface area contributed by atoms with Gasteiger partial charge in [-0.05, 0) is 37.1 Å². The fraction of sp³-hybridized carbons (Fsp3) is 0.868. The largest absolute Gasteiger partial charge is 0.466 e. The van der Waals surface area contributed by atoms with Gasteiger partial charge in [-0.25, -0.2) is 0 Å².